The lowest BCUT2D eigenvalue weighted by Crippen LogP contribution is -2.50. The van der Waals surface area contributed by atoms with Gasteiger partial charge in [-0.25, -0.2) is 4.98 Å². The zero-order chi connectivity index (χ0) is 21.3. The third-order valence-corrected chi connectivity index (χ3v) is 6.61. The van der Waals surface area contributed by atoms with Crippen molar-refractivity contribution in [2.45, 2.75) is 32.7 Å². The summed E-state index contributed by atoms with van der Waals surface area (Å²) >= 11 is 7.56. The van der Waals surface area contributed by atoms with Gasteiger partial charge < -0.3 is 10.2 Å². The van der Waals surface area contributed by atoms with Crippen LogP contribution in [0.15, 0.2) is 42.5 Å². The number of nitrogens with zero attached hydrogens (tertiary/aromatic N) is 2. The first kappa shape index (κ1) is 20.8. The number of pyridine rings is 1. The quantitative estimate of drug-likeness (QED) is 0.620. The number of likely N-dealkylation sites (tertiary alicyclic amines) is 1. The Balaban J connectivity index is 1.66. The average Bonchev–Trinajstić information content (AvgIpc) is 3.19. The number of benzene rings is 1. The maximum atomic E-state index is 13.5. The molecule has 0 aliphatic carbocycles. The van der Waals surface area contributed by atoms with Crippen LogP contribution in [0, 0.1) is 5.92 Å². The standard InChI is InChI=1S/C23H24ClN3O2S/c1-14(2)22(28)25-15-6-5-11-27(13-15)23(29)17-12-19(20-9-10-21(24)30-20)26-18-8-4-3-7-16(17)18/h3-4,7-10,12,14-15H,5-6,11,13H2,1-2H3,(H,25,28). The Hall–Kier alpha value is -2.44. The van der Waals surface area contributed by atoms with Crippen LogP contribution in [0.3, 0.4) is 0 Å². The maximum Gasteiger partial charge on any atom is 0.254 e. The summed E-state index contributed by atoms with van der Waals surface area (Å²) in [6.45, 7) is 4.96. The normalized spacial score (nSPS) is 16.8. The predicted molar refractivity (Wildman–Crippen MR) is 122 cm³/mol. The zero-order valence-corrected chi connectivity index (χ0v) is 18.6. The number of amides is 2. The van der Waals surface area contributed by atoms with Crippen molar-refractivity contribution >= 4 is 45.7 Å². The number of thiophene rings is 1. The molecular weight excluding hydrogens is 418 g/mol. The minimum absolute atomic E-state index is 0.0127. The van der Waals surface area contributed by atoms with E-state index in [1.54, 1.807) is 0 Å². The van der Waals surface area contributed by atoms with Gasteiger partial charge >= 0.3 is 0 Å². The molecule has 1 unspecified atom stereocenters. The third kappa shape index (κ3) is 4.35. The van der Waals surface area contributed by atoms with Crippen LogP contribution in [0.25, 0.3) is 21.5 Å². The smallest absolute Gasteiger partial charge is 0.254 e. The molecule has 1 aromatic carbocycles. The first-order valence-corrected chi connectivity index (χ1v) is 11.4. The number of nitrogens with one attached hydrogen (secondary N) is 1. The molecule has 1 fully saturated rings. The van der Waals surface area contributed by atoms with E-state index >= 15 is 0 Å². The molecule has 4 rings (SSSR count). The second-order valence-corrected chi connectivity index (χ2v) is 9.64. The molecule has 0 radical (unpaired) electrons. The Labute approximate surface area is 185 Å². The van der Waals surface area contributed by atoms with Crippen LogP contribution in [0.4, 0.5) is 0 Å². The van der Waals surface area contributed by atoms with Crippen LogP contribution in [-0.2, 0) is 4.79 Å². The summed E-state index contributed by atoms with van der Waals surface area (Å²) in [5.41, 5.74) is 2.16. The van der Waals surface area contributed by atoms with Crippen LogP contribution < -0.4 is 5.32 Å². The molecule has 2 aromatic heterocycles. The Bertz CT molecular complexity index is 1090. The molecule has 1 N–H and O–H groups in total. The fraction of sp³-hybridized carbons (Fsp3) is 0.348. The van der Waals surface area contributed by atoms with E-state index in [0.717, 1.165) is 34.3 Å². The summed E-state index contributed by atoms with van der Waals surface area (Å²) in [6, 6.07) is 13.3. The molecule has 30 heavy (non-hydrogen) atoms. The number of halogens is 1. The second-order valence-electron chi connectivity index (χ2n) is 7.93. The van der Waals surface area contributed by atoms with Crippen LogP contribution in [-0.4, -0.2) is 40.8 Å². The van der Waals surface area contributed by atoms with E-state index in [1.165, 1.54) is 11.3 Å². The van der Waals surface area contributed by atoms with Gasteiger partial charge in [0.05, 0.1) is 26.0 Å². The van der Waals surface area contributed by atoms with Crippen LogP contribution in [0.5, 0.6) is 0 Å². The van der Waals surface area contributed by atoms with Crippen molar-refractivity contribution < 1.29 is 9.59 Å². The van der Waals surface area contributed by atoms with Gasteiger partial charge in [0.1, 0.15) is 0 Å². The van der Waals surface area contributed by atoms with E-state index in [-0.39, 0.29) is 23.8 Å². The summed E-state index contributed by atoms with van der Waals surface area (Å²) in [7, 11) is 0. The Kier molecular flexibility index (Phi) is 6.06. The number of hydrogen-bond donors (Lipinski definition) is 1. The van der Waals surface area contributed by atoms with Crippen molar-refractivity contribution in [3.63, 3.8) is 0 Å². The highest BCUT2D eigenvalue weighted by atomic mass is 35.5. The van der Waals surface area contributed by atoms with Crippen LogP contribution >= 0.6 is 22.9 Å². The molecule has 0 bridgehead atoms. The number of aromatic nitrogens is 1. The Morgan fingerprint density at radius 1 is 1.23 bits per heavy atom. The highest BCUT2D eigenvalue weighted by molar-refractivity contribution is 7.19. The summed E-state index contributed by atoms with van der Waals surface area (Å²) in [4.78, 5) is 33.2. The third-order valence-electron chi connectivity index (χ3n) is 5.35. The molecule has 3 heterocycles. The first-order chi connectivity index (χ1) is 14.4. The largest absolute Gasteiger partial charge is 0.351 e. The number of fused-ring (bicyclic) bond motifs is 1. The van der Waals surface area contributed by atoms with Gasteiger partial charge in [-0.05, 0) is 37.1 Å². The molecule has 2 amide bonds. The molecule has 156 valence electrons. The average molecular weight is 442 g/mol. The minimum atomic E-state index is -0.0691. The zero-order valence-electron chi connectivity index (χ0n) is 17.0. The van der Waals surface area contributed by atoms with Crippen LogP contribution in [0.2, 0.25) is 4.34 Å². The van der Waals surface area contributed by atoms with E-state index in [2.05, 4.69) is 5.32 Å². The lowest BCUT2D eigenvalue weighted by Gasteiger charge is -2.34. The molecular formula is C23H24ClN3O2S. The van der Waals surface area contributed by atoms with E-state index in [4.69, 9.17) is 16.6 Å². The SMILES string of the molecule is CC(C)C(=O)NC1CCCN(C(=O)c2cc(-c3ccc(Cl)s3)nc3ccccc23)C1. The molecule has 5 nitrogen and oxygen atoms in total. The highest BCUT2D eigenvalue weighted by Crippen LogP contribution is 2.33. The molecule has 1 aliphatic rings. The molecule has 7 heteroatoms. The highest BCUT2D eigenvalue weighted by Gasteiger charge is 2.27. The first-order valence-electron chi connectivity index (χ1n) is 10.2. The maximum absolute atomic E-state index is 13.5. The lowest BCUT2D eigenvalue weighted by molar-refractivity contribution is -0.125. The van der Waals surface area contributed by atoms with Crippen molar-refractivity contribution in [3.8, 4) is 10.6 Å². The number of hydrogen-bond acceptors (Lipinski definition) is 4. The number of carbonyl (C=O) groups is 2. The van der Waals surface area contributed by atoms with Gasteiger partial charge in [0.2, 0.25) is 5.91 Å². The van der Waals surface area contributed by atoms with Gasteiger partial charge in [-0.2, -0.15) is 0 Å². The van der Waals surface area contributed by atoms with E-state index < -0.39 is 0 Å². The number of para-hydroxylation sites is 1. The van der Waals surface area contributed by atoms with Gasteiger partial charge in [0.15, 0.2) is 0 Å². The fourth-order valence-corrected chi connectivity index (χ4v) is 4.75. The summed E-state index contributed by atoms with van der Waals surface area (Å²) in [5, 5.41) is 3.91. The Morgan fingerprint density at radius 2 is 2.03 bits per heavy atom. The number of rotatable bonds is 4. The summed E-state index contributed by atoms with van der Waals surface area (Å²) in [5.74, 6) is -0.0677. The number of carbonyl (C=O) groups excluding carboxylic acids is 2. The molecule has 0 saturated carbocycles. The van der Waals surface area contributed by atoms with Crippen molar-refractivity contribution in [2.24, 2.45) is 5.92 Å². The van der Waals surface area contributed by atoms with Crippen LogP contribution in [0.1, 0.15) is 37.0 Å². The van der Waals surface area contributed by atoms with Crippen molar-refractivity contribution in [2.75, 3.05) is 13.1 Å². The molecule has 0 spiro atoms. The molecule has 1 saturated heterocycles. The van der Waals surface area contributed by atoms with Crippen molar-refractivity contribution in [1.29, 1.82) is 0 Å². The van der Waals surface area contributed by atoms with E-state index in [9.17, 15) is 9.59 Å². The van der Waals surface area contributed by atoms with E-state index in [1.807, 2.05) is 61.2 Å². The van der Waals surface area contributed by atoms with Gasteiger partial charge in [-0.3, -0.25) is 9.59 Å². The second kappa shape index (κ2) is 8.74. The molecule has 1 atom stereocenters. The van der Waals surface area contributed by atoms with E-state index in [0.29, 0.717) is 23.0 Å². The molecule has 3 aromatic rings. The lowest BCUT2D eigenvalue weighted by atomic mass is 10.0. The Morgan fingerprint density at radius 3 is 2.77 bits per heavy atom. The van der Waals surface area contributed by atoms with Crippen molar-refractivity contribution in [3.05, 3.63) is 52.4 Å². The fourth-order valence-electron chi connectivity index (χ4n) is 3.75. The topological polar surface area (TPSA) is 62.3 Å². The summed E-state index contributed by atoms with van der Waals surface area (Å²) < 4.78 is 0.688. The van der Waals surface area contributed by atoms with Crippen molar-refractivity contribution in [1.82, 2.24) is 15.2 Å². The summed E-state index contributed by atoms with van der Waals surface area (Å²) in [6.07, 6.45) is 1.75. The minimum Gasteiger partial charge on any atom is -0.351 e. The predicted octanol–water partition coefficient (Wildman–Crippen LogP) is 4.99. The van der Waals surface area contributed by atoms with Gasteiger partial charge in [-0.15, -0.1) is 11.3 Å². The van der Waals surface area contributed by atoms with Gasteiger partial charge in [0, 0.05) is 30.4 Å². The molecule has 1 aliphatic heterocycles. The number of piperidine rings is 1. The monoisotopic (exact) mass is 441 g/mol. The van der Waals surface area contributed by atoms with Gasteiger partial charge in [0.25, 0.3) is 5.91 Å². The van der Waals surface area contributed by atoms with Gasteiger partial charge in [-0.1, -0.05) is 43.6 Å².